The maximum Gasteiger partial charge on any atom is 0.153 e. The summed E-state index contributed by atoms with van der Waals surface area (Å²) in [5.74, 6) is 0.337. The van der Waals surface area contributed by atoms with E-state index in [1.807, 2.05) is 0 Å². The Kier molecular flexibility index (Phi) is 3.54. The number of halogens is 2. The zero-order chi connectivity index (χ0) is 12.3. The van der Waals surface area contributed by atoms with Crippen molar-refractivity contribution in [2.24, 2.45) is 0 Å². The number of hydrogen-bond donors (Lipinski definition) is 0. The van der Waals surface area contributed by atoms with E-state index in [9.17, 15) is 9.18 Å². The summed E-state index contributed by atoms with van der Waals surface area (Å²) >= 11 is 3.17. The van der Waals surface area contributed by atoms with Gasteiger partial charge in [-0.3, -0.25) is 4.79 Å². The van der Waals surface area contributed by atoms with Crippen molar-refractivity contribution >= 4 is 22.2 Å². The molecule has 0 atom stereocenters. The van der Waals surface area contributed by atoms with Crippen LogP contribution in [0.3, 0.4) is 0 Å². The molecule has 0 aliphatic rings. The first-order valence-electron chi connectivity index (χ1n) is 4.87. The first-order valence-corrected chi connectivity index (χ1v) is 5.66. The largest absolute Gasteiger partial charge is 0.456 e. The molecule has 17 heavy (non-hydrogen) atoms. The molecule has 86 valence electrons. The highest BCUT2D eigenvalue weighted by atomic mass is 79.9. The van der Waals surface area contributed by atoms with Crippen LogP contribution in [0.1, 0.15) is 10.4 Å². The van der Waals surface area contributed by atoms with Crippen LogP contribution in [0, 0.1) is 5.82 Å². The highest BCUT2D eigenvalue weighted by Crippen LogP contribution is 2.27. The molecule has 0 N–H and O–H groups in total. The van der Waals surface area contributed by atoms with Crippen molar-refractivity contribution in [3.05, 3.63) is 58.3 Å². The number of carbonyl (C=O) groups excluding carboxylic acids is 1. The van der Waals surface area contributed by atoms with Crippen LogP contribution >= 0.6 is 15.9 Å². The lowest BCUT2D eigenvalue weighted by Crippen LogP contribution is -1.90. The van der Waals surface area contributed by atoms with Gasteiger partial charge in [-0.15, -0.1) is 0 Å². The number of ether oxygens (including phenoxy) is 1. The number of para-hydroxylation sites is 1. The predicted octanol–water partition coefficient (Wildman–Crippen LogP) is 4.19. The van der Waals surface area contributed by atoms with Crippen LogP contribution in [0.25, 0.3) is 0 Å². The molecule has 0 radical (unpaired) electrons. The molecule has 2 aromatic rings. The van der Waals surface area contributed by atoms with E-state index in [2.05, 4.69) is 15.9 Å². The van der Waals surface area contributed by atoms with E-state index in [1.54, 1.807) is 30.3 Å². The fourth-order valence-corrected chi connectivity index (χ4v) is 1.83. The predicted molar refractivity (Wildman–Crippen MR) is 66.0 cm³/mol. The Morgan fingerprint density at radius 1 is 1.18 bits per heavy atom. The fraction of sp³-hybridized carbons (Fsp3) is 0. The van der Waals surface area contributed by atoms with E-state index < -0.39 is 5.82 Å². The zero-order valence-corrected chi connectivity index (χ0v) is 10.3. The van der Waals surface area contributed by atoms with Crippen LogP contribution in [0.4, 0.5) is 4.39 Å². The highest BCUT2D eigenvalue weighted by Gasteiger charge is 2.05. The van der Waals surface area contributed by atoms with Crippen LogP contribution in [-0.4, -0.2) is 6.29 Å². The highest BCUT2D eigenvalue weighted by molar-refractivity contribution is 9.10. The molecule has 0 bridgehead atoms. The third-order valence-electron chi connectivity index (χ3n) is 2.11. The van der Waals surface area contributed by atoms with Gasteiger partial charge in [-0.25, -0.2) is 4.39 Å². The summed E-state index contributed by atoms with van der Waals surface area (Å²) in [7, 11) is 0. The third kappa shape index (κ3) is 2.91. The molecule has 0 aliphatic carbocycles. The molecule has 0 saturated heterocycles. The molecular weight excluding hydrogens is 287 g/mol. The van der Waals surface area contributed by atoms with Gasteiger partial charge in [0.25, 0.3) is 0 Å². The van der Waals surface area contributed by atoms with Crippen LogP contribution < -0.4 is 4.74 Å². The Morgan fingerprint density at radius 3 is 2.65 bits per heavy atom. The molecule has 0 aromatic heterocycles. The summed E-state index contributed by atoms with van der Waals surface area (Å²) in [4.78, 5) is 10.8. The van der Waals surface area contributed by atoms with Crippen molar-refractivity contribution in [2.75, 3.05) is 0 Å². The van der Waals surface area contributed by atoms with Gasteiger partial charge in [0.2, 0.25) is 0 Å². The minimum Gasteiger partial charge on any atom is -0.456 e. The molecule has 0 spiro atoms. The van der Waals surface area contributed by atoms with Gasteiger partial charge in [-0.2, -0.15) is 0 Å². The SMILES string of the molecule is O=Cc1ccccc1Oc1cc(F)cc(Br)c1. The van der Waals surface area contributed by atoms with Crippen molar-refractivity contribution in [2.45, 2.75) is 0 Å². The normalized spacial score (nSPS) is 10.0. The van der Waals surface area contributed by atoms with Crippen molar-refractivity contribution in [3.63, 3.8) is 0 Å². The zero-order valence-electron chi connectivity index (χ0n) is 8.69. The van der Waals surface area contributed by atoms with Gasteiger partial charge in [0, 0.05) is 10.5 Å². The second-order valence-electron chi connectivity index (χ2n) is 3.36. The smallest absolute Gasteiger partial charge is 0.153 e. The van der Waals surface area contributed by atoms with Crippen molar-refractivity contribution < 1.29 is 13.9 Å². The lowest BCUT2D eigenvalue weighted by molar-refractivity contribution is 0.112. The van der Waals surface area contributed by atoms with E-state index >= 15 is 0 Å². The number of carbonyl (C=O) groups is 1. The van der Waals surface area contributed by atoms with Crippen molar-refractivity contribution in [1.82, 2.24) is 0 Å². The lowest BCUT2D eigenvalue weighted by Gasteiger charge is -2.08. The maximum atomic E-state index is 13.1. The van der Waals surface area contributed by atoms with E-state index in [0.717, 1.165) is 0 Å². The molecule has 0 amide bonds. The summed E-state index contributed by atoms with van der Waals surface area (Å²) in [6.45, 7) is 0. The van der Waals surface area contributed by atoms with Crippen molar-refractivity contribution in [3.8, 4) is 11.5 Å². The number of hydrogen-bond acceptors (Lipinski definition) is 2. The van der Waals surface area contributed by atoms with Gasteiger partial charge in [0.05, 0.1) is 5.56 Å². The molecule has 2 aromatic carbocycles. The first-order chi connectivity index (χ1) is 8.19. The number of benzene rings is 2. The third-order valence-corrected chi connectivity index (χ3v) is 2.57. The Labute approximate surface area is 106 Å². The summed E-state index contributed by atoms with van der Waals surface area (Å²) in [5, 5.41) is 0. The second-order valence-corrected chi connectivity index (χ2v) is 4.28. The Bertz CT molecular complexity index is 535. The summed E-state index contributed by atoms with van der Waals surface area (Å²) < 4.78 is 19.2. The van der Waals surface area contributed by atoms with Crippen LogP contribution in [-0.2, 0) is 0 Å². The summed E-state index contributed by atoms with van der Waals surface area (Å²) in [6.07, 6.45) is 0.698. The molecule has 0 saturated carbocycles. The van der Waals surface area contributed by atoms with Crippen LogP contribution in [0.15, 0.2) is 46.9 Å². The maximum absolute atomic E-state index is 13.1. The quantitative estimate of drug-likeness (QED) is 0.793. The topological polar surface area (TPSA) is 26.3 Å². The van der Waals surface area contributed by atoms with Gasteiger partial charge < -0.3 is 4.74 Å². The molecule has 0 aliphatic heterocycles. The lowest BCUT2D eigenvalue weighted by atomic mass is 10.2. The molecule has 0 fully saturated rings. The first kappa shape index (κ1) is 11.8. The second kappa shape index (κ2) is 5.10. The monoisotopic (exact) mass is 294 g/mol. The minimum absolute atomic E-state index is 0.339. The number of rotatable bonds is 3. The Balaban J connectivity index is 2.34. The molecule has 4 heteroatoms. The molecule has 0 heterocycles. The molecule has 0 unspecified atom stereocenters. The average molecular weight is 295 g/mol. The molecule has 2 nitrogen and oxygen atoms in total. The van der Waals surface area contributed by atoms with E-state index in [4.69, 9.17) is 4.74 Å². The summed E-state index contributed by atoms with van der Waals surface area (Å²) in [5.41, 5.74) is 0.424. The average Bonchev–Trinajstić information content (AvgIpc) is 2.28. The Morgan fingerprint density at radius 2 is 1.94 bits per heavy atom. The van der Waals surface area contributed by atoms with Crippen LogP contribution in [0.2, 0.25) is 0 Å². The van der Waals surface area contributed by atoms with E-state index in [0.29, 0.717) is 27.8 Å². The van der Waals surface area contributed by atoms with E-state index in [1.165, 1.54) is 12.1 Å². The van der Waals surface area contributed by atoms with Crippen LogP contribution in [0.5, 0.6) is 11.5 Å². The molecular formula is C13H8BrFO2. The Hall–Kier alpha value is -1.68. The van der Waals surface area contributed by atoms with Crippen molar-refractivity contribution in [1.29, 1.82) is 0 Å². The van der Waals surface area contributed by atoms with Gasteiger partial charge in [0.15, 0.2) is 6.29 Å². The number of aldehydes is 1. The fourth-order valence-electron chi connectivity index (χ4n) is 1.39. The van der Waals surface area contributed by atoms with Gasteiger partial charge in [0.1, 0.15) is 17.3 Å². The van der Waals surface area contributed by atoms with E-state index in [-0.39, 0.29) is 0 Å². The summed E-state index contributed by atoms with van der Waals surface area (Å²) in [6, 6.07) is 11.0. The standard InChI is InChI=1S/C13H8BrFO2/c14-10-5-11(15)7-12(6-10)17-13-4-2-1-3-9(13)8-16/h1-8H. The van der Waals surface area contributed by atoms with Gasteiger partial charge in [-0.05, 0) is 24.3 Å². The van der Waals surface area contributed by atoms with Gasteiger partial charge in [-0.1, -0.05) is 28.1 Å². The minimum atomic E-state index is -0.405. The van der Waals surface area contributed by atoms with Gasteiger partial charge >= 0.3 is 0 Å². The molecule has 2 rings (SSSR count).